The third kappa shape index (κ3) is 3.49. The lowest BCUT2D eigenvalue weighted by atomic mass is 10.1. The van der Waals surface area contributed by atoms with Crippen LogP contribution in [0.25, 0.3) is 16.9 Å². The van der Waals surface area contributed by atoms with Crippen molar-refractivity contribution in [2.24, 2.45) is 0 Å². The largest absolute Gasteiger partial charge is 0.365 e. The molecule has 0 fully saturated rings. The van der Waals surface area contributed by atoms with Gasteiger partial charge in [-0.2, -0.15) is 0 Å². The first kappa shape index (κ1) is 16.6. The molecule has 3 aromatic rings. The van der Waals surface area contributed by atoms with Crippen LogP contribution in [0.15, 0.2) is 41.0 Å². The number of fused-ring (bicyclic) bond motifs is 1. The zero-order valence-electron chi connectivity index (χ0n) is 13.0. The van der Waals surface area contributed by atoms with Crippen molar-refractivity contribution < 1.29 is 0 Å². The average molecular weight is 413 g/mol. The number of aromatic nitrogens is 2. The van der Waals surface area contributed by atoms with Crippen molar-refractivity contribution in [3.63, 3.8) is 0 Å². The summed E-state index contributed by atoms with van der Waals surface area (Å²) in [5.74, 6) is 0.923. The summed E-state index contributed by atoms with van der Waals surface area (Å²) in [5, 5.41) is 4.59. The molecule has 23 heavy (non-hydrogen) atoms. The van der Waals surface area contributed by atoms with E-state index in [9.17, 15) is 0 Å². The molecule has 6 heteroatoms. The summed E-state index contributed by atoms with van der Waals surface area (Å²) >= 11 is 15.7. The lowest BCUT2D eigenvalue weighted by molar-refractivity contribution is 0.629. The monoisotopic (exact) mass is 411 g/mol. The van der Waals surface area contributed by atoms with Crippen molar-refractivity contribution in [2.45, 2.75) is 26.3 Å². The van der Waals surface area contributed by atoms with Crippen LogP contribution in [0.4, 0.5) is 5.82 Å². The van der Waals surface area contributed by atoms with Crippen LogP contribution in [-0.4, -0.2) is 14.9 Å². The molecule has 0 aliphatic heterocycles. The molecule has 0 bridgehead atoms. The molecule has 2 heterocycles. The van der Waals surface area contributed by atoms with Crippen molar-refractivity contribution in [3.8, 4) is 11.3 Å². The van der Waals surface area contributed by atoms with E-state index in [4.69, 9.17) is 28.2 Å². The highest BCUT2D eigenvalue weighted by Crippen LogP contribution is 2.34. The number of nitrogens with zero attached hydrogens (tertiary/aromatic N) is 2. The minimum Gasteiger partial charge on any atom is -0.365 e. The first-order valence-electron chi connectivity index (χ1n) is 7.16. The standard InChI is InChI=1S/C17H16BrCl2N3/c1-17(2,3)22-16-15(10-4-6-12(19)13(20)8-10)21-14-7-5-11(18)9-23(14)16/h4-9,22H,1-3H3. The van der Waals surface area contributed by atoms with Crippen molar-refractivity contribution in [2.75, 3.05) is 5.32 Å². The highest BCUT2D eigenvalue weighted by molar-refractivity contribution is 9.10. The number of rotatable bonds is 2. The molecule has 3 nitrogen and oxygen atoms in total. The molecule has 3 rings (SSSR count). The fraction of sp³-hybridized carbons (Fsp3) is 0.235. The maximum Gasteiger partial charge on any atom is 0.139 e. The Labute approximate surface area is 153 Å². The highest BCUT2D eigenvalue weighted by atomic mass is 79.9. The second kappa shape index (κ2) is 6.00. The van der Waals surface area contributed by atoms with Gasteiger partial charge in [-0.1, -0.05) is 29.3 Å². The first-order chi connectivity index (χ1) is 10.7. The van der Waals surface area contributed by atoms with Crippen molar-refractivity contribution in [1.29, 1.82) is 0 Å². The third-order valence-corrected chi connectivity index (χ3v) is 4.48. The second-order valence-corrected chi connectivity index (χ2v) is 8.12. The van der Waals surface area contributed by atoms with Gasteiger partial charge in [-0.25, -0.2) is 4.98 Å². The molecule has 1 aromatic carbocycles. The Morgan fingerprint density at radius 2 is 1.83 bits per heavy atom. The molecular weight excluding hydrogens is 397 g/mol. The molecule has 0 radical (unpaired) electrons. The van der Waals surface area contributed by atoms with Gasteiger partial charge in [0, 0.05) is 21.8 Å². The lowest BCUT2D eigenvalue weighted by Gasteiger charge is -2.22. The van der Waals surface area contributed by atoms with E-state index in [1.807, 2.05) is 34.9 Å². The summed E-state index contributed by atoms with van der Waals surface area (Å²) in [7, 11) is 0. The number of imidazole rings is 1. The van der Waals surface area contributed by atoms with Crippen LogP contribution in [0.5, 0.6) is 0 Å². The van der Waals surface area contributed by atoms with Crippen LogP contribution in [0.2, 0.25) is 10.0 Å². The molecule has 0 amide bonds. The first-order valence-corrected chi connectivity index (χ1v) is 8.71. The van der Waals surface area contributed by atoms with Gasteiger partial charge in [0.05, 0.1) is 10.0 Å². The Kier molecular flexibility index (Phi) is 4.34. The maximum absolute atomic E-state index is 6.18. The molecule has 0 saturated heterocycles. The summed E-state index contributed by atoms with van der Waals surface area (Å²) in [6, 6.07) is 9.51. The molecule has 0 aliphatic rings. The van der Waals surface area contributed by atoms with Gasteiger partial charge in [0.2, 0.25) is 0 Å². The summed E-state index contributed by atoms with van der Waals surface area (Å²) < 4.78 is 3.02. The van der Waals surface area contributed by atoms with Crippen LogP contribution in [-0.2, 0) is 0 Å². The van der Waals surface area contributed by atoms with E-state index in [1.165, 1.54) is 0 Å². The van der Waals surface area contributed by atoms with Crippen LogP contribution < -0.4 is 5.32 Å². The SMILES string of the molecule is CC(C)(C)Nc1c(-c2ccc(Cl)c(Cl)c2)nc2ccc(Br)cn12. The van der Waals surface area contributed by atoms with E-state index in [0.717, 1.165) is 27.2 Å². The van der Waals surface area contributed by atoms with E-state index < -0.39 is 0 Å². The number of hydrogen-bond donors (Lipinski definition) is 1. The van der Waals surface area contributed by atoms with Gasteiger partial charge in [-0.3, -0.25) is 4.40 Å². The molecule has 2 aromatic heterocycles. The van der Waals surface area contributed by atoms with E-state index in [2.05, 4.69) is 42.0 Å². The number of anilines is 1. The highest BCUT2D eigenvalue weighted by Gasteiger charge is 2.19. The van der Waals surface area contributed by atoms with E-state index in [-0.39, 0.29) is 5.54 Å². The van der Waals surface area contributed by atoms with Crippen LogP contribution in [0, 0.1) is 0 Å². The number of hydrogen-bond acceptors (Lipinski definition) is 2. The summed E-state index contributed by atoms with van der Waals surface area (Å²) in [5.41, 5.74) is 2.52. The molecule has 0 atom stereocenters. The smallest absolute Gasteiger partial charge is 0.139 e. The number of benzene rings is 1. The van der Waals surface area contributed by atoms with Gasteiger partial charge in [-0.05, 0) is 61.0 Å². The van der Waals surface area contributed by atoms with E-state index in [1.54, 1.807) is 6.07 Å². The fourth-order valence-corrected chi connectivity index (χ4v) is 2.97. The van der Waals surface area contributed by atoms with E-state index in [0.29, 0.717) is 10.0 Å². The normalized spacial score (nSPS) is 11.9. The van der Waals surface area contributed by atoms with Crippen LogP contribution in [0.1, 0.15) is 20.8 Å². The summed E-state index contributed by atoms with van der Waals surface area (Å²) in [4.78, 5) is 4.76. The Hall–Kier alpha value is -1.23. The zero-order valence-corrected chi connectivity index (χ0v) is 16.1. The van der Waals surface area contributed by atoms with Gasteiger partial charge >= 0.3 is 0 Å². The zero-order chi connectivity index (χ0) is 16.8. The third-order valence-electron chi connectivity index (χ3n) is 3.27. The quantitative estimate of drug-likeness (QED) is 0.536. The Morgan fingerprint density at radius 1 is 1.09 bits per heavy atom. The van der Waals surface area contributed by atoms with Crippen molar-refractivity contribution in [1.82, 2.24) is 9.38 Å². The minimum atomic E-state index is -0.108. The van der Waals surface area contributed by atoms with Crippen molar-refractivity contribution >= 4 is 50.6 Å². The molecule has 0 unspecified atom stereocenters. The summed E-state index contributed by atoms with van der Waals surface area (Å²) in [6.07, 6.45) is 2.00. The number of halogens is 3. The Morgan fingerprint density at radius 3 is 2.48 bits per heavy atom. The maximum atomic E-state index is 6.18. The average Bonchev–Trinajstić information content (AvgIpc) is 2.78. The van der Waals surface area contributed by atoms with Gasteiger partial charge in [-0.15, -0.1) is 0 Å². The molecular formula is C17H16BrCl2N3. The Balaban J connectivity index is 2.26. The fourth-order valence-electron chi connectivity index (χ4n) is 2.34. The molecule has 1 N–H and O–H groups in total. The lowest BCUT2D eigenvalue weighted by Crippen LogP contribution is -2.27. The summed E-state index contributed by atoms with van der Waals surface area (Å²) in [6.45, 7) is 6.34. The van der Waals surface area contributed by atoms with Gasteiger partial charge in [0.15, 0.2) is 0 Å². The molecule has 0 saturated carbocycles. The second-order valence-electron chi connectivity index (χ2n) is 6.39. The van der Waals surface area contributed by atoms with Gasteiger partial charge in [0.1, 0.15) is 17.2 Å². The van der Waals surface area contributed by atoms with E-state index >= 15 is 0 Å². The molecule has 0 spiro atoms. The predicted octanol–water partition coefficient (Wildman–Crippen LogP) is 6.28. The minimum absolute atomic E-state index is 0.108. The Bertz CT molecular complexity index is 881. The number of pyridine rings is 1. The van der Waals surface area contributed by atoms with Crippen molar-refractivity contribution in [3.05, 3.63) is 51.0 Å². The number of nitrogens with one attached hydrogen (secondary N) is 1. The van der Waals surface area contributed by atoms with Crippen LogP contribution >= 0.6 is 39.1 Å². The van der Waals surface area contributed by atoms with Gasteiger partial charge in [0.25, 0.3) is 0 Å². The molecule has 0 aliphatic carbocycles. The molecule has 120 valence electrons. The van der Waals surface area contributed by atoms with Crippen LogP contribution in [0.3, 0.4) is 0 Å². The topological polar surface area (TPSA) is 29.3 Å². The predicted molar refractivity (Wildman–Crippen MR) is 102 cm³/mol. The van der Waals surface area contributed by atoms with Gasteiger partial charge < -0.3 is 5.32 Å².